The number of hydrogen-bond donors (Lipinski definition) is 1. The van der Waals surface area contributed by atoms with Crippen LogP contribution in [0.5, 0.6) is 0 Å². The van der Waals surface area contributed by atoms with Gasteiger partial charge in [-0.15, -0.1) is 49.6 Å². The highest BCUT2D eigenvalue weighted by Crippen LogP contribution is 2.30. The third kappa shape index (κ3) is 5.48. The van der Waals surface area contributed by atoms with Crippen molar-refractivity contribution in [1.82, 2.24) is 19.9 Å². The van der Waals surface area contributed by atoms with Gasteiger partial charge in [-0.25, -0.2) is 14.4 Å². The SMILES string of the molecule is Cc1nc2c(F)cc(-c3ccnc(N4CCNCC4)c3)cc2n1C(C)C.Cl.Cl.Cl.Cl. The molecule has 0 spiro atoms. The molecule has 1 aliphatic heterocycles. The third-order valence-electron chi connectivity index (χ3n) is 4.96. The van der Waals surface area contributed by atoms with Crippen molar-refractivity contribution in [1.29, 1.82) is 0 Å². The van der Waals surface area contributed by atoms with Gasteiger partial charge in [0.2, 0.25) is 0 Å². The summed E-state index contributed by atoms with van der Waals surface area (Å²) < 4.78 is 16.8. The number of nitrogens with one attached hydrogen (secondary N) is 1. The molecule has 0 amide bonds. The Hall–Kier alpha value is -1.31. The summed E-state index contributed by atoms with van der Waals surface area (Å²) in [4.78, 5) is 11.2. The lowest BCUT2D eigenvalue weighted by Crippen LogP contribution is -2.43. The van der Waals surface area contributed by atoms with E-state index in [1.54, 1.807) is 12.3 Å². The highest BCUT2D eigenvalue weighted by atomic mass is 35.5. The first-order valence-corrected chi connectivity index (χ1v) is 9.15. The molecule has 2 aromatic heterocycles. The molecule has 4 rings (SSSR count). The van der Waals surface area contributed by atoms with Crippen LogP contribution in [0, 0.1) is 12.7 Å². The Morgan fingerprint density at radius 1 is 1.00 bits per heavy atom. The van der Waals surface area contributed by atoms with E-state index in [1.807, 2.05) is 19.1 Å². The maximum Gasteiger partial charge on any atom is 0.151 e. The first kappa shape index (κ1) is 28.7. The normalized spacial score (nSPS) is 13.2. The van der Waals surface area contributed by atoms with Gasteiger partial charge in [0.25, 0.3) is 0 Å². The second-order valence-electron chi connectivity index (χ2n) is 7.09. The van der Waals surface area contributed by atoms with E-state index in [0.717, 1.165) is 54.5 Å². The quantitative estimate of drug-likeness (QED) is 0.537. The average Bonchev–Trinajstić information content (AvgIpc) is 2.99. The van der Waals surface area contributed by atoms with Gasteiger partial charge in [-0.3, -0.25) is 0 Å². The Morgan fingerprint density at radius 2 is 1.67 bits per heavy atom. The molecule has 1 aromatic carbocycles. The van der Waals surface area contributed by atoms with Gasteiger partial charge in [-0.2, -0.15) is 0 Å². The van der Waals surface area contributed by atoms with E-state index in [9.17, 15) is 4.39 Å². The monoisotopic (exact) mass is 497 g/mol. The predicted octanol–water partition coefficient (Wildman–Crippen LogP) is 5.22. The topological polar surface area (TPSA) is 46.0 Å². The van der Waals surface area contributed by atoms with Crippen molar-refractivity contribution in [2.24, 2.45) is 0 Å². The minimum atomic E-state index is -0.277. The summed E-state index contributed by atoms with van der Waals surface area (Å²) in [5.41, 5.74) is 3.11. The minimum absolute atomic E-state index is 0. The lowest BCUT2D eigenvalue weighted by atomic mass is 10.1. The fourth-order valence-corrected chi connectivity index (χ4v) is 3.75. The Bertz CT molecular complexity index is 958. The number of benzene rings is 1. The summed E-state index contributed by atoms with van der Waals surface area (Å²) in [6.07, 6.45) is 1.81. The fraction of sp³-hybridized carbons (Fsp3) is 0.400. The van der Waals surface area contributed by atoms with Gasteiger partial charge in [0.05, 0.1) is 5.52 Å². The van der Waals surface area contributed by atoms with Crippen molar-refractivity contribution in [3.05, 3.63) is 42.1 Å². The Labute approximate surface area is 201 Å². The van der Waals surface area contributed by atoms with Crippen LogP contribution in [-0.4, -0.2) is 40.7 Å². The van der Waals surface area contributed by atoms with Crippen LogP contribution in [-0.2, 0) is 0 Å². The van der Waals surface area contributed by atoms with Crippen LogP contribution in [0.2, 0.25) is 0 Å². The number of hydrogen-bond acceptors (Lipinski definition) is 4. The van der Waals surface area contributed by atoms with Crippen molar-refractivity contribution < 1.29 is 4.39 Å². The van der Waals surface area contributed by atoms with Gasteiger partial charge < -0.3 is 14.8 Å². The van der Waals surface area contributed by atoms with Crippen LogP contribution in [0.1, 0.15) is 25.7 Å². The molecule has 10 heteroatoms. The number of aryl methyl sites for hydroxylation is 1. The molecule has 1 fully saturated rings. The van der Waals surface area contributed by atoms with Crippen LogP contribution in [0.3, 0.4) is 0 Å². The number of anilines is 1. The van der Waals surface area contributed by atoms with Crippen molar-refractivity contribution in [3.8, 4) is 11.1 Å². The van der Waals surface area contributed by atoms with Crippen LogP contribution < -0.4 is 10.2 Å². The molecular formula is C20H28Cl4FN5. The molecule has 0 bridgehead atoms. The van der Waals surface area contributed by atoms with E-state index in [0.29, 0.717) is 5.52 Å². The van der Waals surface area contributed by atoms with E-state index in [1.165, 1.54) is 0 Å². The first-order valence-electron chi connectivity index (χ1n) is 9.15. The van der Waals surface area contributed by atoms with E-state index in [4.69, 9.17) is 0 Å². The number of piperazine rings is 1. The van der Waals surface area contributed by atoms with E-state index in [2.05, 4.69) is 44.7 Å². The standard InChI is InChI=1S/C20H24FN5.4ClH/c1-13(2)26-14(3)24-20-17(21)10-16(11-18(20)26)15-4-5-23-19(12-15)25-8-6-22-7-9-25;;;;/h4-5,10-13,22H,6-9H2,1-3H3;4*1H. The molecule has 3 aromatic rings. The molecule has 168 valence electrons. The van der Waals surface area contributed by atoms with Gasteiger partial charge >= 0.3 is 0 Å². The number of fused-ring (bicyclic) bond motifs is 1. The summed E-state index contributed by atoms with van der Waals surface area (Å²) in [5, 5.41) is 3.35. The summed E-state index contributed by atoms with van der Waals surface area (Å²) in [5.74, 6) is 1.50. The summed E-state index contributed by atoms with van der Waals surface area (Å²) in [7, 11) is 0. The molecule has 0 unspecified atom stereocenters. The number of rotatable bonds is 3. The lowest BCUT2D eigenvalue weighted by molar-refractivity contribution is 0.585. The van der Waals surface area contributed by atoms with E-state index >= 15 is 0 Å². The van der Waals surface area contributed by atoms with Crippen molar-refractivity contribution in [2.75, 3.05) is 31.1 Å². The molecule has 3 heterocycles. The molecule has 0 aliphatic carbocycles. The van der Waals surface area contributed by atoms with Crippen LogP contribution in [0.15, 0.2) is 30.5 Å². The zero-order chi connectivity index (χ0) is 18.3. The Kier molecular flexibility index (Phi) is 11.4. The van der Waals surface area contributed by atoms with Gasteiger partial charge in [0.15, 0.2) is 5.82 Å². The van der Waals surface area contributed by atoms with Crippen molar-refractivity contribution in [3.63, 3.8) is 0 Å². The number of imidazole rings is 1. The van der Waals surface area contributed by atoms with E-state index < -0.39 is 0 Å². The third-order valence-corrected chi connectivity index (χ3v) is 4.96. The second kappa shape index (κ2) is 11.9. The Morgan fingerprint density at radius 3 is 2.30 bits per heavy atom. The average molecular weight is 499 g/mol. The lowest BCUT2D eigenvalue weighted by Gasteiger charge is -2.28. The van der Waals surface area contributed by atoms with Crippen LogP contribution >= 0.6 is 49.6 Å². The first-order chi connectivity index (χ1) is 12.5. The van der Waals surface area contributed by atoms with Gasteiger partial charge in [-0.1, -0.05) is 0 Å². The van der Waals surface area contributed by atoms with E-state index in [-0.39, 0.29) is 61.5 Å². The van der Waals surface area contributed by atoms with Crippen LogP contribution in [0.4, 0.5) is 10.2 Å². The molecule has 0 saturated carbocycles. The van der Waals surface area contributed by atoms with Crippen molar-refractivity contribution >= 4 is 66.5 Å². The minimum Gasteiger partial charge on any atom is -0.354 e. The zero-order valence-corrected chi connectivity index (χ0v) is 20.4. The molecule has 5 nitrogen and oxygen atoms in total. The molecule has 0 radical (unpaired) electrons. The van der Waals surface area contributed by atoms with Gasteiger partial charge in [0.1, 0.15) is 17.2 Å². The maximum atomic E-state index is 14.7. The van der Waals surface area contributed by atoms with Gasteiger partial charge in [-0.05, 0) is 56.2 Å². The molecule has 1 saturated heterocycles. The number of aromatic nitrogens is 3. The molecule has 1 N–H and O–H groups in total. The van der Waals surface area contributed by atoms with Crippen LogP contribution in [0.25, 0.3) is 22.2 Å². The van der Waals surface area contributed by atoms with Gasteiger partial charge in [0, 0.05) is 38.4 Å². The fourth-order valence-electron chi connectivity index (χ4n) is 3.75. The largest absolute Gasteiger partial charge is 0.354 e. The number of halogens is 5. The summed E-state index contributed by atoms with van der Waals surface area (Å²) >= 11 is 0. The smallest absolute Gasteiger partial charge is 0.151 e. The summed E-state index contributed by atoms with van der Waals surface area (Å²) in [6.45, 7) is 9.89. The van der Waals surface area contributed by atoms with Crippen molar-refractivity contribution in [2.45, 2.75) is 26.8 Å². The number of pyridine rings is 1. The molecule has 0 atom stereocenters. The highest BCUT2D eigenvalue weighted by molar-refractivity contribution is 5.86. The summed E-state index contributed by atoms with van der Waals surface area (Å²) in [6, 6.07) is 7.83. The Balaban J connectivity index is 0.00000210. The highest BCUT2D eigenvalue weighted by Gasteiger charge is 2.17. The molecular weight excluding hydrogens is 471 g/mol. The zero-order valence-electron chi connectivity index (χ0n) is 17.1. The predicted molar refractivity (Wildman–Crippen MR) is 132 cm³/mol. The molecule has 30 heavy (non-hydrogen) atoms. The maximum absolute atomic E-state index is 14.7. The second-order valence-corrected chi connectivity index (χ2v) is 7.09. The molecule has 1 aliphatic rings. The number of nitrogens with zero attached hydrogens (tertiary/aromatic N) is 4.